The largest absolute Gasteiger partial charge is 0.374 e. The predicted octanol–water partition coefficient (Wildman–Crippen LogP) is 8.44. The second-order valence-electron chi connectivity index (χ2n) is 11.7. The maximum atomic E-state index is 6.89. The van der Waals surface area contributed by atoms with Crippen molar-refractivity contribution >= 4 is 6.08 Å². The lowest BCUT2D eigenvalue weighted by molar-refractivity contribution is -0.263. The molecule has 5 atom stereocenters. The van der Waals surface area contributed by atoms with E-state index < -0.39 is 30.5 Å². The molecule has 5 nitrogen and oxygen atoms in total. The third-order valence-electron chi connectivity index (χ3n) is 8.20. The van der Waals surface area contributed by atoms with Crippen LogP contribution in [0.15, 0.2) is 158 Å². The summed E-state index contributed by atoms with van der Waals surface area (Å²) in [5.41, 5.74) is 5.42. The topological polar surface area (TPSA) is 46.2 Å². The molecule has 1 saturated heterocycles. The van der Waals surface area contributed by atoms with Crippen LogP contribution in [0.1, 0.15) is 27.8 Å². The normalized spacial score (nSPS) is 21.1. The first kappa shape index (κ1) is 32.6. The summed E-state index contributed by atoms with van der Waals surface area (Å²) in [5.74, 6) is 0. The Hall–Kier alpha value is -4.36. The van der Waals surface area contributed by atoms with E-state index in [-0.39, 0.29) is 0 Å². The molecule has 0 spiro atoms. The molecular formula is C42H42O5. The number of hydrogen-bond donors (Lipinski definition) is 0. The molecule has 0 amide bonds. The number of benzene rings is 5. The molecule has 0 N–H and O–H groups in total. The Morgan fingerprint density at radius 3 is 1.34 bits per heavy atom. The first-order chi connectivity index (χ1) is 23.3. The van der Waals surface area contributed by atoms with Gasteiger partial charge in [-0.25, -0.2) is 0 Å². The Labute approximate surface area is 278 Å². The summed E-state index contributed by atoms with van der Waals surface area (Å²) in [7, 11) is 0. The van der Waals surface area contributed by atoms with Gasteiger partial charge in [0.05, 0.1) is 33.0 Å². The van der Waals surface area contributed by atoms with Crippen LogP contribution in [0.25, 0.3) is 6.08 Å². The summed E-state index contributed by atoms with van der Waals surface area (Å²) in [4.78, 5) is 0. The quantitative estimate of drug-likeness (QED) is 0.117. The van der Waals surface area contributed by atoms with Crippen molar-refractivity contribution in [3.8, 4) is 0 Å². The molecule has 5 aromatic rings. The Bertz CT molecular complexity index is 1600. The number of hydrogen-bond acceptors (Lipinski definition) is 5. The molecule has 0 radical (unpaired) electrons. The van der Waals surface area contributed by atoms with E-state index in [9.17, 15) is 0 Å². The highest BCUT2D eigenvalue weighted by Gasteiger charge is 2.47. The van der Waals surface area contributed by atoms with E-state index in [4.69, 9.17) is 23.7 Å². The van der Waals surface area contributed by atoms with Gasteiger partial charge in [-0.2, -0.15) is 0 Å². The molecule has 1 aliphatic rings. The molecule has 0 bridgehead atoms. The fourth-order valence-corrected chi connectivity index (χ4v) is 5.75. The lowest BCUT2D eigenvalue weighted by Gasteiger charge is -2.45. The van der Waals surface area contributed by atoms with Crippen LogP contribution in [0.5, 0.6) is 0 Å². The van der Waals surface area contributed by atoms with Crippen molar-refractivity contribution in [3.05, 3.63) is 186 Å². The Morgan fingerprint density at radius 2 is 0.851 bits per heavy atom. The molecule has 240 valence electrons. The smallest absolute Gasteiger partial charge is 0.116 e. The SMILES string of the molecule is C(=C\[C@@H]1O[C@H](COCc2ccccc2)[C@@H](OCc2ccccc2)[C@H](OCc2ccccc2)[C@@H]1OCc1ccccc1)/c1ccccc1. The highest BCUT2D eigenvalue weighted by atomic mass is 16.6. The third kappa shape index (κ3) is 9.82. The molecule has 1 aliphatic heterocycles. The van der Waals surface area contributed by atoms with Crippen molar-refractivity contribution in [1.29, 1.82) is 0 Å². The second kappa shape index (κ2) is 17.5. The highest BCUT2D eigenvalue weighted by Crippen LogP contribution is 2.32. The summed E-state index contributed by atoms with van der Waals surface area (Å²) in [6.45, 7) is 2.04. The van der Waals surface area contributed by atoms with Crippen LogP contribution in [-0.4, -0.2) is 37.1 Å². The fraction of sp³-hybridized carbons (Fsp3) is 0.238. The van der Waals surface area contributed by atoms with Crippen LogP contribution in [0, 0.1) is 0 Å². The van der Waals surface area contributed by atoms with E-state index in [2.05, 4.69) is 72.8 Å². The van der Waals surface area contributed by atoms with E-state index in [0.29, 0.717) is 33.0 Å². The van der Waals surface area contributed by atoms with Gasteiger partial charge in [-0.15, -0.1) is 0 Å². The molecule has 6 rings (SSSR count). The Kier molecular flexibility index (Phi) is 12.1. The minimum atomic E-state index is -0.461. The Morgan fingerprint density at radius 1 is 0.447 bits per heavy atom. The summed E-state index contributed by atoms with van der Waals surface area (Å²) in [5, 5.41) is 0. The van der Waals surface area contributed by atoms with Crippen molar-refractivity contribution in [2.45, 2.75) is 56.9 Å². The first-order valence-electron chi connectivity index (χ1n) is 16.3. The van der Waals surface area contributed by atoms with Crippen LogP contribution < -0.4 is 0 Å². The van der Waals surface area contributed by atoms with Gasteiger partial charge in [0.15, 0.2) is 0 Å². The zero-order valence-electron chi connectivity index (χ0n) is 26.6. The third-order valence-corrected chi connectivity index (χ3v) is 8.20. The second-order valence-corrected chi connectivity index (χ2v) is 11.7. The average molecular weight is 627 g/mol. The summed E-state index contributed by atoms with van der Waals surface area (Å²) < 4.78 is 33.5. The molecule has 5 aromatic carbocycles. The zero-order valence-corrected chi connectivity index (χ0v) is 26.6. The predicted molar refractivity (Wildman–Crippen MR) is 185 cm³/mol. The maximum Gasteiger partial charge on any atom is 0.116 e. The van der Waals surface area contributed by atoms with Gasteiger partial charge in [-0.1, -0.05) is 164 Å². The number of ether oxygens (including phenoxy) is 5. The highest BCUT2D eigenvalue weighted by molar-refractivity contribution is 5.49. The van der Waals surface area contributed by atoms with Crippen LogP contribution in [0.2, 0.25) is 0 Å². The monoisotopic (exact) mass is 626 g/mol. The average Bonchev–Trinajstić information content (AvgIpc) is 3.14. The standard InChI is InChI=1S/C42H42O5/c1-6-16-33(17-7-1)26-27-38-40(44-29-35-20-10-3-11-21-35)42(46-31-37-24-14-5-15-25-37)41(45-30-36-22-12-4-13-23-36)39(47-38)32-43-28-34-18-8-2-9-19-34/h1-27,38-42H,28-32H2/b27-26+/t38-,39+,40+,41+,42+/m0/s1. The fourth-order valence-electron chi connectivity index (χ4n) is 5.75. The summed E-state index contributed by atoms with van der Waals surface area (Å²) >= 11 is 0. The van der Waals surface area contributed by atoms with Gasteiger partial charge in [0.2, 0.25) is 0 Å². The minimum absolute atomic E-state index is 0.334. The van der Waals surface area contributed by atoms with Crippen molar-refractivity contribution in [3.63, 3.8) is 0 Å². The lowest BCUT2D eigenvalue weighted by atomic mass is 9.93. The van der Waals surface area contributed by atoms with Crippen molar-refractivity contribution in [2.75, 3.05) is 6.61 Å². The summed E-state index contributed by atoms with van der Waals surface area (Å²) in [6.07, 6.45) is 1.98. The van der Waals surface area contributed by atoms with Gasteiger partial charge < -0.3 is 23.7 Å². The van der Waals surface area contributed by atoms with Crippen LogP contribution in [0.3, 0.4) is 0 Å². The van der Waals surface area contributed by atoms with Gasteiger partial charge in [-0.3, -0.25) is 0 Å². The zero-order chi connectivity index (χ0) is 31.9. The van der Waals surface area contributed by atoms with Gasteiger partial charge in [0, 0.05) is 0 Å². The summed E-state index contributed by atoms with van der Waals surface area (Å²) in [6, 6.07) is 51.0. The van der Waals surface area contributed by atoms with Crippen LogP contribution >= 0.6 is 0 Å². The van der Waals surface area contributed by atoms with Gasteiger partial charge in [0.25, 0.3) is 0 Å². The van der Waals surface area contributed by atoms with Gasteiger partial charge in [-0.05, 0) is 27.8 Å². The molecule has 0 unspecified atom stereocenters. The molecule has 0 saturated carbocycles. The molecule has 1 heterocycles. The minimum Gasteiger partial charge on any atom is -0.374 e. The Balaban J connectivity index is 1.32. The van der Waals surface area contributed by atoms with E-state index in [1.165, 1.54) is 0 Å². The lowest BCUT2D eigenvalue weighted by Crippen LogP contribution is -2.60. The van der Waals surface area contributed by atoms with E-state index in [1.807, 2.05) is 91.0 Å². The van der Waals surface area contributed by atoms with Crippen molar-refractivity contribution < 1.29 is 23.7 Å². The molecule has 0 aliphatic carbocycles. The van der Waals surface area contributed by atoms with E-state index in [1.54, 1.807) is 0 Å². The number of rotatable bonds is 15. The van der Waals surface area contributed by atoms with Crippen molar-refractivity contribution in [2.24, 2.45) is 0 Å². The van der Waals surface area contributed by atoms with Crippen LogP contribution in [-0.2, 0) is 50.1 Å². The molecule has 47 heavy (non-hydrogen) atoms. The van der Waals surface area contributed by atoms with Crippen molar-refractivity contribution in [1.82, 2.24) is 0 Å². The molecule has 5 heteroatoms. The van der Waals surface area contributed by atoms with Crippen LogP contribution in [0.4, 0.5) is 0 Å². The van der Waals surface area contributed by atoms with E-state index >= 15 is 0 Å². The molecule has 1 fully saturated rings. The first-order valence-corrected chi connectivity index (χ1v) is 16.3. The van der Waals surface area contributed by atoms with E-state index in [0.717, 1.165) is 27.8 Å². The van der Waals surface area contributed by atoms with Gasteiger partial charge >= 0.3 is 0 Å². The molecular weight excluding hydrogens is 584 g/mol. The maximum absolute atomic E-state index is 6.89. The van der Waals surface area contributed by atoms with Gasteiger partial charge in [0.1, 0.15) is 30.5 Å². The molecule has 0 aromatic heterocycles.